The molecule has 8 nitrogen and oxygen atoms in total. The molecule has 0 aliphatic rings. The molecule has 1 unspecified atom stereocenters. The Labute approximate surface area is 154 Å². The summed E-state index contributed by atoms with van der Waals surface area (Å²) < 4.78 is 4.87. The molecule has 0 saturated carbocycles. The van der Waals surface area contributed by atoms with Gasteiger partial charge < -0.3 is 15.8 Å². The molecular weight excluding hydrogens is 348 g/mol. The zero-order valence-electron chi connectivity index (χ0n) is 15.0. The fourth-order valence-corrected chi connectivity index (χ4v) is 3.15. The van der Waals surface area contributed by atoms with E-state index in [9.17, 15) is 9.59 Å². The van der Waals surface area contributed by atoms with Crippen LogP contribution in [0.3, 0.4) is 0 Å². The van der Waals surface area contributed by atoms with E-state index in [1.54, 1.807) is 6.92 Å². The Balaban J connectivity index is 3.21. The summed E-state index contributed by atoms with van der Waals surface area (Å²) in [4.78, 5) is 26.0. The largest absolute Gasteiger partial charge is 0.465 e. The van der Waals surface area contributed by atoms with Gasteiger partial charge in [-0.25, -0.2) is 14.9 Å². The molecule has 0 radical (unpaired) electrons. The highest BCUT2D eigenvalue weighted by Gasteiger charge is 2.13. The van der Waals surface area contributed by atoms with Gasteiger partial charge in [0.2, 0.25) is 0 Å². The summed E-state index contributed by atoms with van der Waals surface area (Å²) in [5.41, 5.74) is 5.73. The Morgan fingerprint density at radius 3 is 2.40 bits per heavy atom. The van der Waals surface area contributed by atoms with Crippen molar-refractivity contribution in [2.24, 2.45) is 5.73 Å². The standard InChI is InChI=1S/C16H32N2O6S/c1-2-22-15(19)14(17)10-9-13-25-12-8-6-4-3-5-7-11-18-16(20)23-24-21/h14,21H,2-13,17H2,1H3,(H,18,20). The van der Waals surface area contributed by atoms with E-state index in [0.29, 0.717) is 19.6 Å². The maximum atomic E-state index is 11.3. The first kappa shape index (κ1) is 24.0. The number of nitrogens with two attached hydrogens (primary N) is 1. The van der Waals surface area contributed by atoms with Crippen LogP contribution in [0.15, 0.2) is 0 Å². The summed E-state index contributed by atoms with van der Waals surface area (Å²) in [5.74, 6) is 1.84. The molecule has 1 amide bonds. The number of amides is 1. The molecule has 0 heterocycles. The van der Waals surface area contributed by atoms with Gasteiger partial charge in [-0.1, -0.05) is 25.7 Å². The highest BCUT2D eigenvalue weighted by molar-refractivity contribution is 7.99. The van der Waals surface area contributed by atoms with E-state index in [2.05, 4.69) is 15.2 Å². The second-order valence-electron chi connectivity index (χ2n) is 5.61. The first-order valence-electron chi connectivity index (χ1n) is 8.87. The number of carbonyl (C=O) groups is 2. The highest BCUT2D eigenvalue weighted by atomic mass is 32.2. The summed E-state index contributed by atoms with van der Waals surface area (Å²) in [5, 5.41) is 13.6. The number of hydrogen-bond acceptors (Lipinski definition) is 8. The van der Waals surface area contributed by atoms with Gasteiger partial charge in [-0.05, 0) is 49.2 Å². The molecule has 0 fully saturated rings. The van der Waals surface area contributed by atoms with Crippen LogP contribution in [0.25, 0.3) is 0 Å². The van der Waals surface area contributed by atoms with Gasteiger partial charge in [0.25, 0.3) is 0 Å². The Kier molecular flexibility index (Phi) is 17.0. The minimum atomic E-state index is -0.789. The van der Waals surface area contributed by atoms with Crippen molar-refractivity contribution in [1.29, 1.82) is 0 Å². The number of rotatable bonds is 16. The number of hydrogen-bond donors (Lipinski definition) is 3. The Morgan fingerprint density at radius 1 is 1.08 bits per heavy atom. The van der Waals surface area contributed by atoms with E-state index in [1.807, 2.05) is 11.8 Å². The first-order valence-corrected chi connectivity index (χ1v) is 10.0. The molecule has 9 heteroatoms. The Bertz CT molecular complexity index is 347. The van der Waals surface area contributed by atoms with E-state index in [1.165, 1.54) is 19.3 Å². The summed E-state index contributed by atoms with van der Waals surface area (Å²) in [6, 6.07) is -0.493. The van der Waals surface area contributed by atoms with Crippen molar-refractivity contribution in [2.45, 2.75) is 64.3 Å². The zero-order chi connectivity index (χ0) is 18.8. The van der Waals surface area contributed by atoms with Gasteiger partial charge in [0.1, 0.15) is 6.04 Å². The molecule has 0 aliphatic carbocycles. The summed E-state index contributed by atoms with van der Waals surface area (Å²) in [7, 11) is 0. The van der Waals surface area contributed by atoms with Crippen molar-refractivity contribution in [3.63, 3.8) is 0 Å². The van der Waals surface area contributed by atoms with Crippen molar-refractivity contribution < 1.29 is 29.5 Å². The average Bonchev–Trinajstić information content (AvgIpc) is 2.59. The molecule has 25 heavy (non-hydrogen) atoms. The van der Waals surface area contributed by atoms with Crippen LogP contribution in [0, 0.1) is 0 Å². The van der Waals surface area contributed by atoms with Crippen molar-refractivity contribution in [3.8, 4) is 0 Å². The molecule has 0 spiro atoms. The van der Waals surface area contributed by atoms with Crippen LogP contribution in [-0.2, 0) is 19.5 Å². The maximum Gasteiger partial charge on any atom is 0.441 e. The van der Waals surface area contributed by atoms with Crippen LogP contribution in [0.1, 0.15) is 58.3 Å². The Morgan fingerprint density at radius 2 is 1.72 bits per heavy atom. The SMILES string of the molecule is CCOC(=O)C(N)CCCSCCCCCCCCNC(=O)OOO. The first-order chi connectivity index (χ1) is 12.1. The van der Waals surface area contributed by atoms with Gasteiger partial charge in [0, 0.05) is 6.54 Å². The predicted molar refractivity (Wildman–Crippen MR) is 97.1 cm³/mol. The maximum absolute atomic E-state index is 11.3. The second-order valence-corrected chi connectivity index (χ2v) is 6.83. The second kappa shape index (κ2) is 17.8. The molecule has 0 aromatic rings. The lowest BCUT2D eigenvalue weighted by Gasteiger charge is -2.09. The predicted octanol–water partition coefficient (Wildman–Crippen LogP) is 2.86. The van der Waals surface area contributed by atoms with Crippen molar-refractivity contribution in [3.05, 3.63) is 0 Å². The lowest BCUT2D eigenvalue weighted by Crippen LogP contribution is -2.32. The molecule has 0 bridgehead atoms. The fourth-order valence-electron chi connectivity index (χ4n) is 2.16. The lowest BCUT2D eigenvalue weighted by atomic mass is 10.1. The molecule has 4 N–H and O–H groups in total. The van der Waals surface area contributed by atoms with Crippen molar-refractivity contribution in [1.82, 2.24) is 5.32 Å². The van der Waals surface area contributed by atoms with E-state index in [4.69, 9.17) is 15.7 Å². The number of carbonyl (C=O) groups excluding carboxylic acids is 2. The Hall–Kier alpha value is -1.03. The minimum absolute atomic E-state index is 0.304. The quantitative estimate of drug-likeness (QED) is 0.162. The molecule has 0 saturated heterocycles. The van der Waals surface area contributed by atoms with Gasteiger partial charge in [-0.15, -0.1) is 0 Å². The molecule has 0 rings (SSSR count). The van der Waals surface area contributed by atoms with Gasteiger partial charge in [0.05, 0.1) is 6.61 Å². The van der Waals surface area contributed by atoms with Crippen LogP contribution < -0.4 is 11.1 Å². The smallest absolute Gasteiger partial charge is 0.441 e. The number of nitrogens with one attached hydrogen (secondary N) is 1. The summed E-state index contributed by atoms with van der Waals surface area (Å²) >= 11 is 1.90. The normalized spacial score (nSPS) is 11.8. The molecule has 0 aromatic carbocycles. The fraction of sp³-hybridized carbons (Fsp3) is 0.875. The van der Waals surface area contributed by atoms with Crippen molar-refractivity contribution >= 4 is 23.8 Å². The number of thioether (sulfide) groups is 1. The van der Waals surface area contributed by atoms with E-state index < -0.39 is 12.1 Å². The molecular formula is C16H32N2O6S. The van der Waals surface area contributed by atoms with E-state index >= 15 is 0 Å². The van der Waals surface area contributed by atoms with Gasteiger partial charge in [0.15, 0.2) is 0 Å². The number of unbranched alkanes of at least 4 members (excludes halogenated alkanes) is 5. The van der Waals surface area contributed by atoms with E-state index in [-0.39, 0.29) is 5.97 Å². The third-order valence-corrected chi connectivity index (χ3v) is 4.65. The van der Waals surface area contributed by atoms with Crippen LogP contribution in [0.2, 0.25) is 0 Å². The third kappa shape index (κ3) is 16.2. The van der Waals surface area contributed by atoms with Crippen LogP contribution >= 0.6 is 11.8 Å². The average molecular weight is 381 g/mol. The topological polar surface area (TPSA) is 120 Å². The molecule has 0 aliphatic heterocycles. The van der Waals surface area contributed by atoms with E-state index in [0.717, 1.165) is 37.2 Å². The number of ether oxygens (including phenoxy) is 1. The monoisotopic (exact) mass is 380 g/mol. The van der Waals surface area contributed by atoms with Gasteiger partial charge in [-0.3, -0.25) is 4.79 Å². The van der Waals surface area contributed by atoms with Crippen LogP contribution in [-0.4, -0.2) is 48.0 Å². The molecule has 148 valence electrons. The lowest BCUT2D eigenvalue weighted by molar-refractivity contribution is -0.456. The number of esters is 1. The van der Waals surface area contributed by atoms with Gasteiger partial charge in [-0.2, -0.15) is 11.8 Å². The van der Waals surface area contributed by atoms with Crippen molar-refractivity contribution in [2.75, 3.05) is 24.7 Å². The summed E-state index contributed by atoms with van der Waals surface area (Å²) in [6.07, 6.45) is 7.43. The molecule has 1 atom stereocenters. The summed E-state index contributed by atoms with van der Waals surface area (Å²) in [6.45, 7) is 2.66. The third-order valence-electron chi connectivity index (χ3n) is 3.49. The molecule has 0 aromatic heterocycles. The van der Waals surface area contributed by atoms with Gasteiger partial charge >= 0.3 is 12.1 Å². The van der Waals surface area contributed by atoms with Crippen LogP contribution in [0.5, 0.6) is 0 Å². The highest BCUT2D eigenvalue weighted by Crippen LogP contribution is 2.12. The minimum Gasteiger partial charge on any atom is -0.465 e. The van der Waals surface area contributed by atoms with Crippen LogP contribution in [0.4, 0.5) is 4.79 Å². The zero-order valence-corrected chi connectivity index (χ0v) is 15.9.